The molecular weight excluding hydrogens is 273 g/mol. The standard InChI is InChI=1S/C13H15F3N2O2/c14-13(15,16)9-3-4-11(19)10(5-9)18-12(20)7-17-6-8-1-2-8/h3-5,8,17,19H,1-2,6-7H2,(H,18,20). The predicted molar refractivity (Wildman–Crippen MR) is 67.3 cm³/mol. The van der Waals surface area contributed by atoms with Crippen LogP contribution in [0.15, 0.2) is 18.2 Å². The van der Waals surface area contributed by atoms with Crippen LogP contribution in [-0.4, -0.2) is 24.1 Å². The van der Waals surface area contributed by atoms with Crippen LogP contribution < -0.4 is 10.6 Å². The molecule has 4 nitrogen and oxygen atoms in total. The Hall–Kier alpha value is -1.76. The second kappa shape index (κ2) is 5.70. The summed E-state index contributed by atoms with van der Waals surface area (Å²) in [6.45, 7) is 0.730. The number of phenolic OH excluding ortho intramolecular Hbond substituents is 1. The molecule has 1 aromatic carbocycles. The number of anilines is 1. The molecule has 0 saturated heterocycles. The van der Waals surface area contributed by atoms with Gasteiger partial charge in [-0.1, -0.05) is 0 Å². The molecule has 1 aromatic rings. The number of benzene rings is 1. The summed E-state index contributed by atoms with van der Waals surface area (Å²) < 4.78 is 37.6. The highest BCUT2D eigenvalue weighted by Crippen LogP contribution is 2.34. The summed E-state index contributed by atoms with van der Waals surface area (Å²) in [7, 11) is 0. The number of aromatic hydroxyl groups is 1. The summed E-state index contributed by atoms with van der Waals surface area (Å²) in [5, 5.41) is 14.7. The van der Waals surface area contributed by atoms with Crippen molar-refractivity contribution < 1.29 is 23.1 Å². The van der Waals surface area contributed by atoms with E-state index in [2.05, 4.69) is 10.6 Å². The maximum atomic E-state index is 12.5. The van der Waals surface area contributed by atoms with E-state index >= 15 is 0 Å². The van der Waals surface area contributed by atoms with Crippen LogP contribution in [0.4, 0.5) is 18.9 Å². The second-order valence-corrected chi connectivity index (χ2v) is 4.85. The Bertz CT molecular complexity index is 499. The van der Waals surface area contributed by atoms with Gasteiger partial charge in [-0.2, -0.15) is 13.2 Å². The number of halogens is 3. The Balaban J connectivity index is 1.94. The van der Waals surface area contributed by atoms with Gasteiger partial charge in [-0.05, 0) is 43.5 Å². The van der Waals surface area contributed by atoms with Crippen LogP contribution in [0.1, 0.15) is 18.4 Å². The Morgan fingerprint density at radius 3 is 2.65 bits per heavy atom. The monoisotopic (exact) mass is 288 g/mol. The average molecular weight is 288 g/mol. The lowest BCUT2D eigenvalue weighted by Crippen LogP contribution is -2.29. The van der Waals surface area contributed by atoms with Gasteiger partial charge < -0.3 is 15.7 Å². The summed E-state index contributed by atoms with van der Waals surface area (Å²) >= 11 is 0. The molecule has 0 atom stereocenters. The third kappa shape index (κ3) is 4.12. The van der Waals surface area contributed by atoms with Crippen molar-refractivity contribution >= 4 is 11.6 Å². The van der Waals surface area contributed by atoms with Crippen molar-refractivity contribution in [3.8, 4) is 5.75 Å². The van der Waals surface area contributed by atoms with E-state index in [1.807, 2.05) is 0 Å². The lowest BCUT2D eigenvalue weighted by atomic mass is 10.2. The summed E-state index contributed by atoms with van der Waals surface area (Å²) in [4.78, 5) is 11.6. The van der Waals surface area contributed by atoms with Crippen LogP contribution in [-0.2, 0) is 11.0 Å². The molecule has 2 rings (SSSR count). The zero-order chi connectivity index (χ0) is 14.8. The van der Waals surface area contributed by atoms with Crippen molar-refractivity contribution in [3.05, 3.63) is 23.8 Å². The lowest BCUT2D eigenvalue weighted by molar-refractivity contribution is -0.137. The Kier molecular flexibility index (Phi) is 4.17. The minimum atomic E-state index is -4.52. The second-order valence-electron chi connectivity index (χ2n) is 4.85. The van der Waals surface area contributed by atoms with Gasteiger partial charge in [0.05, 0.1) is 17.8 Å². The van der Waals surface area contributed by atoms with Crippen LogP contribution in [0.5, 0.6) is 5.75 Å². The van der Waals surface area contributed by atoms with Gasteiger partial charge in [0, 0.05) is 0 Å². The van der Waals surface area contributed by atoms with E-state index in [1.165, 1.54) is 0 Å². The van der Waals surface area contributed by atoms with E-state index < -0.39 is 23.4 Å². The van der Waals surface area contributed by atoms with Crippen molar-refractivity contribution in [1.29, 1.82) is 0 Å². The topological polar surface area (TPSA) is 61.4 Å². The van der Waals surface area contributed by atoms with E-state index in [0.29, 0.717) is 12.0 Å². The molecule has 1 saturated carbocycles. The average Bonchev–Trinajstić information content (AvgIpc) is 3.14. The summed E-state index contributed by atoms with van der Waals surface area (Å²) in [6, 6.07) is 2.39. The van der Waals surface area contributed by atoms with Gasteiger partial charge in [-0.3, -0.25) is 4.79 Å². The van der Waals surface area contributed by atoms with E-state index in [4.69, 9.17) is 0 Å². The maximum Gasteiger partial charge on any atom is 0.416 e. The highest BCUT2D eigenvalue weighted by Gasteiger charge is 2.31. The highest BCUT2D eigenvalue weighted by atomic mass is 19.4. The van der Waals surface area contributed by atoms with Crippen molar-refractivity contribution in [1.82, 2.24) is 5.32 Å². The first kappa shape index (κ1) is 14.6. The van der Waals surface area contributed by atoms with Crippen LogP contribution >= 0.6 is 0 Å². The third-order valence-corrected chi connectivity index (χ3v) is 3.01. The molecule has 0 radical (unpaired) electrons. The van der Waals surface area contributed by atoms with Gasteiger partial charge >= 0.3 is 6.18 Å². The molecule has 0 unspecified atom stereocenters. The molecule has 1 aliphatic rings. The number of hydrogen-bond acceptors (Lipinski definition) is 3. The van der Waals surface area contributed by atoms with Gasteiger partial charge in [-0.15, -0.1) is 0 Å². The summed E-state index contributed by atoms with van der Waals surface area (Å²) in [5.74, 6) is -0.279. The first-order chi connectivity index (χ1) is 9.36. The van der Waals surface area contributed by atoms with Crippen LogP contribution in [0.3, 0.4) is 0 Å². The largest absolute Gasteiger partial charge is 0.506 e. The minimum absolute atomic E-state index is 0.00614. The normalized spacial score (nSPS) is 15.2. The number of carbonyl (C=O) groups is 1. The first-order valence-corrected chi connectivity index (χ1v) is 6.27. The molecular formula is C13H15F3N2O2. The molecule has 0 bridgehead atoms. The van der Waals surface area contributed by atoms with Gasteiger partial charge in [0.1, 0.15) is 5.75 Å². The fourth-order valence-corrected chi connectivity index (χ4v) is 1.72. The lowest BCUT2D eigenvalue weighted by Gasteiger charge is -2.12. The van der Waals surface area contributed by atoms with Gasteiger partial charge in [-0.25, -0.2) is 0 Å². The van der Waals surface area contributed by atoms with Crippen molar-refractivity contribution in [2.75, 3.05) is 18.4 Å². The zero-order valence-corrected chi connectivity index (χ0v) is 10.6. The number of hydrogen-bond donors (Lipinski definition) is 3. The third-order valence-electron chi connectivity index (χ3n) is 3.01. The van der Waals surface area contributed by atoms with E-state index in [1.54, 1.807) is 0 Å². The number of carbonyl (C=O) groups excluding carboxylic acids is 1. The highest BCUT2D eigenvalue weighted by molar-refractivity contribution is 5.93. The van der Waals surface area contributed by atoms with Gasteiger partial charge in [0.15, 0.2) is 0 Å². The van der Waals surface area contributed by atoms with Gasteiger partial charge in [0.25, 0.3) is 0 Å². The molecule has 0 spiro atoms. The maximum absolute atomic E-state index is 12.5. The molecule has 0 aromatic heterocycles. The van der Waals surface area contributed by atoms with Crippen LogP contribution in [0.25, 0.3) is 0 Å². The molecule has 20 heavy (non-hydrogen) atoms. The zero-order valence-electron chi connectivity index (χ0n) is 10.6. The van der Waals surface area contributed by atoms with Crippen molar-refractivity contribution in [2.24, 2.45) is 5.92 Å². The van der Waals surface area contributed by atoms with Gasteiger partial charge in [0.2, 0.25) is 5.91 Å². The number of alkyl halides is 3. The molecule has 1 aliphatic carbocycles. The fourth-order valence-electron chi connectivity index (χ4n) is 1.72. The van der Waals surface area contributed by atoms with E-state index in [-0.39, 0.29) is 12.2 Å². The molecule has 1 fully saturated rings. The summed E-state index contributed by atoms with van der Waals surface area (Å²) in [6.07, 6.45) is -2.23. The Labute approximate surface area is 114 Å². The van der Waals surface area contributed by atoms with Crippen LogP contribution in [0.2, 0.25) is 0 Å². The molecule has 1 amide bonds. The quantitative estimate of drug-likeness (QED) is 0.729. The van der Waals surface area contributed by atoms with Crippen molar-refractivity contribution in [2.45, 2.75) is 19.0 Å². The molecule has 0 heterocycles. The summed E-state index contributed by atoms with van der Waals surface area (Å²) in [5.41, 5.74) is -1.16. The fraction of sp³-hybridized carbons (Fsp3) is 0.462. The molecule has 110 valence electrons. The number of phenols is 1. The predicted octanol–water partition coefficient (Wildman–Crippen LogP) is 2.35. The smallest absolute Gasteiger partial charge is 0.416 e. The van der Waals surface area contributed by atoms with E-state index in [0.717, 1.165) is 31.5 Å². The molecule has 0 aliphatic heterocycles. The minimum Gasteiger partial charge on any atom is -0.506 e. The first-order valence-electron chi connectivity index (χ1n) is 6.27. The van der Waals surface area contributed by atoms with Crippen LogP contribution in [0, 0.1) is 5.92 Å². The van der Waals surface area contributed by atoms with E-state index in [9.17, 15) is 23.1 Å². The van der Waals surface area contributed by atoms with Crippen molar-refractivity contribution in [3.63, 3.8) is 0 Å². The number of nitrogens with one attached hydrogen (secondary N) is 2. The SMILES string of the molecule is O=C(CNCC1CC1)Nc1cc(C(F)(F)F)ccc1O. The molecule has 3 N–H and O–H groups in total. The number of rotatable bonds is 5. The molecule has 7 heteroatoms. The number of amides is 1. The Morgan fingerprint density at radius 1 is 1.35 bits per heavy atom. The Morgan fingerprint density at radius 2 is 2.05 bits per heavy atom.